The number of carbonyl (C=O) groups excluding carboxylic acids is 1. The molecular formula is C25H23FN4O3S. The topological polar surface area (TPSA) is 94.0 Å². The molecule has 1 aliphatic heterocycles. The standard InChI is InChI=1S/C25H23FN4O3S/c1-15-3-5-17(6-4-15)21-13-22-23(27-16(2)30(22)20-11-12-34(32,33)14-20)24(29-21)25(31)28-19-9-7-18(26)8-10-19/h3-10,13,20H,11-12,14H2,1-2H3,(H,28,31). The van der Waals surface area contributed by atoms with Gasteiger partial charge in [0.05, 0.1) is 28.8 Å². The molecule has 5 rings (SSSR count). The maximum Gasteiger partial charge on any atom is 0.276 e. The first-order chi connectivity index (χ1) is 16.2. The Morgan fingerprint density at radius 2 is 1.76 bits per heavy atom. The number of imidazole rings is 1. The normalized spacial score (nSPS) is 17.2. The Morgan fingerprint density at radius 3 is 2.41 bits per heavy atom. The molecule has 3 heterocycles. The van der Waals surface area contributed by atoms with Gasteiger partial charge in [-0.3, -0.25) is 4.79 Å². The zero-order chi connectivity index (χ0) is 24.0. The fourth-order valence-electron chi connectivity index (χ4n) is 4.40. The van der Waals surface area contributed by atoms with E-state index in [1.807, 2.05) is 41.8 Å². The van der Waals surface area contributed by atoms with Crippen LogP contribution < -0.4 is 5.32 Å². The van der Waals surface area contributed by atoms with Crippen LogP contribution in [0.15, 0.2) is 54.6 Å². The maximum atomic E-state index is 13.3. The van der Waals surface area contributed by atoms with Gasteiger partial charge in [0.2, 0.25) is 0 Å². The molecule has 1 amide bonds. The van der Waals surface area contributed by atoms with E-state index in [9.17, 15) is 17.6 Å². The summed E-state index contributed by atoms with van der Waals surface area (Å²) in [5.41, 5.74) is 4.12. The van der Waals surface area contributed by atoms with E-state index in [-0.39, 0.29) is 23.2 Å². The Hall–Kier alpha value is -3.59. The van der Waals surface area contributed by atoms with Gasteiger partial charge >= 0.3 is 0 Å². The largest absolute Gasteiger partial charge is 0.324 e. The summed E-state index contributed by atoms with van der Waals surface area (Å²) < 4.78 is 39.5. The van der Waals surface area contributed by atoms with Gasteiger partial charge < -0.3 is 9.88 Å². The lowest BCUT2D eigenvalue weighted by molar-refractivity contribution is 0.102. The Kier molecular flexibility index (Phi) is 5.44. The number of benzene rings is 2. The van der Waals surface area contributed by atoms with Crippen LogP contribution in [-0.2, 0) is 9.84 Å². The lowest BCUT2D eigenvalue weighted by atomic mass is 10.1. The highest BCUT2D eigenvalue weighted by atomic mass is 32.2. The van der Waals surface area contributed by atoms with Crippen LogP contribution in [-0.4, -0.2) is 40.4 Å². The molecule has 4 aromatic rings. The zero-order valence-corrected chi connectivity index (χ0v) is 19.6. The molecule has 1 saturated heterocycles. The first-order valence-electron chi connectivity index (χ1n) is 10.9. The summed E-state index contributed by atoms with van der Waals surface area (Å²) >= 11 is 0. The molecule has 0 saturated carbocycles. The number of fused-ring (bicyclic) bond motifs is 1. The minimum Gasteiger partial charge on any atom is -0.324 e. The van der Waals surface area contributed by atoms with Crippen LogP contribution in [0.5, 0.6) is 0 Å². The molecule has 1 fully saturated rings. The van der Waals surface area contributed by atoms with E-state index < -0.39 is 21.6 Å². The van der Waals surface area contributed by atoms with Gasteiger partial charge in [-0.2, -0.15) is 0 Å². The first-order valence-corrected chi connectivity index (χ1v) is 12.8. The Bertz CT molecular complexity index is 1510. The van der Waals surface area contributed by atoms with Crippen LogP contribution in [0.4, 0.5) is 10.1 Å². The summed E-state index contributed by atoms with van der Waals surface area (Å²) in [6, 6.07) is 14.9. The van der Waals surface area contributed by atoms with Gasteiger partial charge in [-0.15, -0.1) is 0 Å². The molecule has 1 atom stereocenters. The fourth-order valence-corrected chi connectivity index (χ4v) is 6.10. The number of amides is 1. The van der Waals surface area contributed by atoms with Crippen molar-refractivity contribution in [3.05, 3.63) is 77.5 Å². The highest BCUT2D eigenvalue weighted by Gasteiger charge is 2.32. The van der Waals surface area contributed by atoms with E-state index in [0.29, 0.717) is 34.7 Å². The number of rotatable bonds is 4. The van der Waals surface area contributed by atoms with Crippen molar-refractivity contribution >= 4 is 32.5 Å². The summed E-state index contributed by atoms with van der Waals surface area (Å²) in [4.78, 5) is 22.5. The molecule has 0 radical (unpaired) electrons. The van der Waals surface area contributed by atoms with Crippen molar-refractivity contribution in [2.24, 2.45) is 0 Å². The number of hydrogen-bond donors (Lipinski definition) is 1. The van der Waals surface area contributed by atoms with E-state index >= 15 is 0 Å². The monoisotopic (exact) mass is 478 g/mol. The summed E-state index contributed by atoms with van der Waals surface area (Å²) in [5, 5.41) is 2.76. The number of pyridine rings is 1. The summed E-state index contributed by atoms with van der Waals surface area (Å²) in [6.45, 7) is 3.79. The second-order valence-electron chi connectivity index (χ2n) is 8.64. The lowest BCUT2D eigenvalue weighted by Crippen LogP contribution is -2.15. The van der Waals surface area contributed by atoms with E-state index in [1.165, 1.54) is 24.3 Å². The number of nitrogens with zero attached hydrogens (tertiary/aromatic N) is 3. The number of halogens is 1. The molecule has 0 aliphatic carbocycles. The zero-order valence-electron chi connectivity index (χ0n) is 18.7. The van der Waals surface area contributed by atoms with Crippen LogP contribution >= 0.6 is 0 Å². The van der Waals surface area contributed by atoms with Gasteiger partial charge in [0.25, 0.3) is 5.91 Å². The van der Waals surface area contributed by atoms with Crippen LogP contribution in [0.1, 0.15) is 34.3 Å². The number of sulfone groups is 1. The van der Waals surface area contributed by atoms with Crippen LogP contribution in [0, 0.1) is 19.7 Å². The van der Waals surface area contributed by atoms with E-state index in [1.54, 1.807) is 6.92 Å². The minimum absolute atomic E-state index is 0.0403. The van der Waals surface area contributed by atoms with Crippen LogP contribution in [0.2, 0.25) is 0 Å². The van der Waals surface area contributed by atoms with Gasteiger partial charge in [0.15, 0.2) is 15.5 Å². The molecule has 2 aromatic carbocycles. The fraction of sp³-hybridized carbons (Fsp3) is 0.240. The quantitative estimate of drug-likeness (QED) is 0.467. The SMILES string of the molecule is Cc1ccc(-c2cc3c(nc(C)n3C3CCS(=O)(=O)C3)c(C(=O)Nc3ccc(F)cc3)n2)cc1. The Labute approximate surface area is 196 Å². The average molecular weight is 479 g/mol. The first kappa shape index (κ1) is 22.2. The average Bonchev–Trinajstić information content (AvgIpc) is 3.32. The molecular weight excluding hydrogens is 455 g/mol. The molecule has 7 nitrogen and oxygen atoms in total. The molecule has 174 valence electrons. The maximum absolute atomic E-state index is 13.3. The molecule has 1 unspecified atom stereocenters. The van der Waals surface area contributed by atoms with Crippen LogP contribution in [0.3, 0.4) is 0 Å². The molecule has 1 N–H and O–H groups in total. The molecule has 2 aromatic heterocycles. The highest BCUT2D eigenvalue weighted by molar-refractivity contribution is 7.91. The smallest absolute Gasteiger partial charge is 0.276 e. The number of anilines is 1. The summed E-state index contributed by atoms with van der Waals surface area (Å²) in [5.74, 6) is -0.0887. The number of aromatic nitrogens is 3. The highest BCUT2D eigenvalue weighted by Crippen LogP contribution is 2.32. The molecule has 1 aliphatic rings. The summed E-state index contributed by atoms with van der Waals surface area (Å²) in [6.07, 6.45) is 0.494. The summed E-state index contributed by atoms with van der Waals surface area (Å²) in [7, 11) is -3.12. The second-order valence-corrected chi connectivity index (χ2v) is 10.9. The number of nitrogens with one attached hydrogen (secondary N) is 1. The third-order valence-corrected chi connectivity index (χ3v) is 7.84. The second kappa shape index (κ2) is 8.32. The lowest BCUT2D eigenvalue weighted by Gasteiger charge is -2.15. The van der Waals surface area contributed by atoms with Gasteiger partial charge in [-0.05, 0) is 50.6 Å². The minimum atomic E-state index is -3.12. The number of carbonyl (C=O) groups is 1. The third-order valence-electron chi connectivity index (χ3n) is 6.09. The van der Waals surface area contributed by atoms with Crippen molar-refractivity contribution in [2.45, 2.75) is 26.3 Å². The number of hydrogen-bond acceptors (Lipinski definition) is 5. The molecule has 0 spiro atoms. The van der Waals surface area contributed by atoms with Crippen molar-refractivity contribution in [1.82, 2.24) is 14.5 Å². The Balaban J connectivity index is 1.67. The molecule has 9 heteroatoms. The predicted molar refractivity (Wildman–Crippen MR) is 129 cm³/mol. The van der Waals surface area contributed by atoms with Crippen molar-refractivity contribution < 1.29 is 17.6 Å². The van der Waals surface area contributed by atoms with Crippen molar-refractivity contribution in [1.29, 1.82) is 0 Å². The van der Waals surface area contributed by atoms with E-state index in [2.05, 4.69) is 15.3 Å². The third kappa shape index (κ3) is 4.19. The number of aryl methyl sites for hydroxylation is 2. The van der Waals surface area contributed by atoms with Gasteiger partial charge in [-0.25, -0.2) is 22.8 Å². The van der Waals surface area contributed by atoms with Gasteiger partial charge in [0, 0.05) is 11.3 Å². The van der Waals surface area contributed by atoms with Crippen molar-refractivity contribution in [2.75, 3.05) is 16.8 Å². The predicted octanol–water partition coefficient (Wildman–Crippen LogP) is 4.47. The Morgan fingerprint density at radius 1 is 1.06 bits per heavy atom. The van der Waals surface area contributed by atoms with Crippen LogP contribution in [0.25, 0.3) is 22.3 Å². The molecule has 0 bridgehead atoms. The van der Waals surface area contributed by atoms with E-state index in [0.717, 1.165) is 11.1 Å². The van der Waals surface area contributed by atoms with E-state index in [4.69, 9.17) is 0 Å². The van der Waals surface area contributed by atoms with Gasteiger partial charge in [-0.1, -0.05) is 29.8 Å². The molecule has 34 heavy (non-hydrogen) atoms. The van der Waals surface area contributed by atoms with Crippen molar-refractivity contribution in [3.8, 4) is 11.3 Å². The van der Waals surface area contributed by atoms with Crippen molar-refractivity contribution in [3.63, 3.8) is 0 Å². The van der Waals surface area contributed by atoms with Gasteiger partial charge in [0.1, 0.15) is 17.2 Å².